The summed E-state index contributed by atoms with van der Waals surface area (Å²) in [7, 11) is -2.16. The molecule has 8 heteroatoms. The fourth-order valence-corrected chi connectivity index (χ4v) is 25.8. The standard InChI is InChI=1S/C14H38O2S2Si4/c1-14(2,22(11,12)16-20(6,7)8)18-17-13-21(9,10)15-19(3,4)5/h13H2,1-12H3. The molecule has 0 aliphatic heterocycles. The van der Waals surface area contributed by atoms with Crippen molar-refractivity contribution in [3.8, 4) is 0 Å². The first-order chi connectivity index (χ1) is 9.37. The van der Waals surface area contributed by atoms with E-state index in [0.29, 0.717) is 0 Å². The fourth-order valence-electron chi connectivity index (χ4n) is 2.17. The first kappa shape index (κ1) is 23.5. The van der Waals surface area contributed by atoms with Crippen LogP contribution in [0.4, 0.5) is 0 Å². The molecule has 0 heterocycles. The Balaban J connectivity index is 4.62. The SMILES string of the molecule is CC(C)(SSC[Si](C)(C)O[Si](C)(C)C)[Si](C)(C)O[Si](C)(C)C. The van der Waals surface area contributed by atoms with Gasteiger partial charge in [-0.1, -0.05) is 35.4 Å². The van der Waals surface area contributed by atoms with Gasteiger partial charge in [0.05, 0.1) is 0 Å². The van der Waals surface area contributed by atoms with Crippen LogP contribution in [-0.4, -0.2) is 43.0 Å². The van der Waals surface area contributed by atoms with Gasteiger partial charge in [-0.15, -0.1) is 0 Å². The minimum absolute atomic E-state index is 0.210. The number of hydrogen-bond acceptors (Lipinski definition) is 4. The van der Waals surface area contributed by atoms with Gasteiger partial charge in [0.1, 0.15) is 0 Å². The van der Waals surface area contributed by atoms with Crippen LogP contribution in [0.5, 0.6) is 0 Å². The van der Waals surface area contributed by atoms with Crippen LogP contribution in [0, 0.1) is 0 Å². The molecule has 0 unspecified atom stereocenters. The molecular weight excluding hydrogens is 377 g/mol. The Hall–Kier alpha value is 1.49. The van der Waals surface area contributed by atoms with Gasteiger partial charge in [-0.25, -0.2) is 0 Å². The van der Waals surface area contributed by atoms with E-state index in [1.807, 2.05) is 21.6 Å². The second-order valence-electron chi connectivity index (χ2n) is 9.55. The molecule has 0 aromatic carbocycles. The highest BCUT2D eigenvalue weighted by Gasteiger charge is 2.44. The van der Waals surface area contributed by atoms with E-state index in [1.165, 1.54) is 0 Å². The summed E-state index contributed by atoms with van der Waals surface area (Å²) in [5.41, 5.74) is 0. The van der Waals surface area contributed by atoms with Gasteiger partial charge in [0, 0.05) is 9.75 Å². The van der Waals surface area contributed by atoms with E-state index in [4.69, 9.17) is 8.23 Å². The molecule has 2 nitrogen and oxygen atoms in total. The van der Waals surface area contributed by atoms with Crippen LogP contribution in [0.2, 0.25) is 65.5 Å². The Morgan fingerprint density at radius 3 is 1.50 bits per heavy atom. The minimum atomic E-state index is -1.72. The second-order valence-corrected chi connectivity index (χ2v) is 31.6. The molecular formula is C14H38O2S2Si4. The summed E-state index contributed by atoms with van der Waals surface area (Å²) < 4.78 is 13.2. The highest BCUT2D eigenvalue weighted by Crippen LogP contribution is 2.44. The molecule has 0 amide bonds. The Morgan fingerprint density at radius 1 is 0.727 bits per heavy atom. The molecule has 0 spiro atoms. The zero-order chi connectivity index (χ0) is 18.0. The summed E-state index contributed by atoms with van der Waals surface area (Å²) in [6, 6.07) is 0. The van der Waals surface area contributed by atoms with Gasteiger partial charge in [-0.2, -0.15) is 0 Å². The van der Waals surface area contributed by atoms with Crippen LogP contribution >= 0.6 is 21.6 Å². The Bertz CT molecular complexity index is 361. The van der Waals surface area contributed by atoms with Crippen molar-refractivity contribution in [3.05, 3.63) is 0 Å². The molecule has 0 aliphatic carbocycles. The highest BCUT2D eigenvalue weighted by molar-refractivity contribution is 8.77. The third-order valence-electron chi connectivity index (χ3n) is 3.27. The number of hydrogen-bond donors (Lipinski definition) is 0. The monoisotopic (exact) mass is 414 g/mol. The number of rotatable bonds is 9. The molecule has 0 N–H and O–H groups in total. The molecule has 0 saturated heterocycles. The summed E-state index contributed by atoms with van der Waals surface area (Å²) in [5, 5.41) is 1.16. The van der Waals surface area contributed by atoms with Gasteiger partial charge in [0.25, 0.3) is 0 Å². The average Bonchev–Trinajstić information content (AvgIpc) is 2.07. The predicted octanol–water partition coefficient (Wildman–Crippen LogP) is 6.34. The van der Waals surface area contributed by atoms with Gasteiger partial charge in [-0.05, 0) is 65.5 Å². The van der Waals surface area contributed by atoms with Crippen molar-refractivity contribution in [2.24, 2.45) is 0 Å². The maximum atomic E-state index is 6.58. The molecule has 0 aromatic rings. The smallest absolute Gasteiger partial charge is 0.189 e. The van der Waals surface area contributed by atoms with Crippen molar-refractivity contribution in [1.29, 1.82) is 0 Å². The van der Waals surface area contributed by atoms with E-state index in [1.54, 1.807) is 0 Å². The van der Waals surface area contributed by atoms with Crippen molar-refractivity contribution in [2.45, 2.75) is 83.7 Å². The van der Waals surface area contributed by atoms with Crippen molar-refractivity contribution < 1.29 is 8.23 Å². The van der Waals surface area contributed by atoms with Crippen molar-refractivity contribution in [2.75, 3.05) is 5.38 Å². The second kappa shape index (κ2) is 7.80. The normalized spacial score (nSPS) is 15.3. The molecule has 0 fully saturated rings. The molecule has 0 atom stereocenters. The Morgan fingerprint density at radius 2 is 1.14 bits per heavy atom. The molecule has 0 aromatic heterocycles. The fraction of sp³-hybridized carbons (Fsp3) is 1.00. The lowest BCUT2D eigenvalue weighted by Crippen LogP contribution is -2.55. The third kappa shape index (κ3) is 9.70. The average molecular weight is 415 g/mol. The predicted molar refractivity (Wildman–Crippen MR) is 118 cm³/mol. The van der Waals surface area contributed by atoms with Gasteiger partial charge in [-0.3, -0.25) is 0 Å². The van der Waals surface area contributed by atoms with E-state index in [9.17, 15) is 0 Å². The van der Waals surface area contributed by atoms with E-state index < -0.39 is 33.3 Å². The summed E-state index contributed by atoms with van der Waals surface area (Å²) in [4.78, 5) is 0. The summed E-state index contributed by atoms with van der Waals surface area (Å²) >= 11 is 0. The molecule has 22 heavy (non-hydrogen) atoms. The molecule has 0 rings (SSSR count). The summed E-state index contributed by atoms with van der Waals surface area (Å²) in [6.45, 7) is 28.0. The van der Waals surface area contributed by atoms with Crippen molar-refractivity contribution >= 4 is 54.9 Å². The summed E-state index contributed by atoms with van der Waals surface area (Å²) in [6.07, 6.45) is 0. The molecule has 0 bridgehead atoms. The maximum absolute atomic E-state index is 6.58. The van der Waals surface area contributed by atoms with Gasteiger partial charge >= 0.3 is 0 Å². The van der Waals surface area contributed by atoms with Crippen LogP contribution in [-0.2, 0) is 8.23 Å². The van der Waals surface area contributed by atoms with Crippen molar-refractivity contribution in [1.82, 2.24) is 0 Å². The highest BCUT2D eigenvalue weighted by atomic mass is 33.1. The molecule has 134 valence electrons. The molecule has 0 radical (unpaired) electrons. The lowest BCUT2D eigenvalue weighted by atomic mass is 10.5. The van der Waals surface area contributed by atoms with Crippen LogP contribution in [0.1, 0.15) is 13.8 Å². The third-order valence-corrected chi connectivity index (χ3v) is 24.0. The minimum Gasteiger partial charge on any atom is -0.455 e. The van der Waals surface area contributed by atoms with E-state index in [2.05, 4.69) is 79.3 Å². The van der Waals surface area contributed by atoms with Crippen LogP contribution in [0.25, 0.3) is 0 Å². The first-order valence-corrected chi connectivity index (χ1v) is 23.2. The molecule has 0 aliphatic rings. The zero-order valence-corrected chi connectivity index (χ0v) is 22.5. The quantitative estimate of drug-likeness (QED) is 0.323. The van der Waals surface area contributed by atoms with Gasteiger partial charge in [0.2, 0.25) is 0 Å². The van der Waals surface area contributed by atoms with Gasteiger partial charge in [0.15, 0.2) is 33.3 Å². The van der Waals surface area contributed by atoms with E-state index in [-0.39, 0.29) is 4.37 Å². The lowest BCUT2D eigenvalue weighted by Gasteiger charge is -2.43. The lowest BCUT2D eigenvalue weighted by molar-refractivity contribution is 0.527. The van der Waals surface area contributed by atoms with E-state index in [0.717, 1.165) is 5.38 Å². The van der Waals surface area contributed by atoms with Crippen LogP contribution in [0.3, 0.4) is 0 Å². The Labute approximate surface area is 151 Å². The maximum Gasteiger partial charge on any atom is 0.189 e. The topological polar surface area (TPSA) is 18.5 Å². The summed E-state index contributed by atoms with van der Waals surface area (Å²) in [5.74, 6) is 0. The molecule has 0 saturated carbocycles. The van der Waals surface area contributed by atoms with Crippen molar-refractivity contribution in [3.63, 3.8) is 0 Å². The van der Waals surface area contributed by atoms with Crippen LogP contribution < -0.4 is 0 Å². The van der Waals surface area contributed by atoms with Gasteiger partial charge < -0.3 is 8.23 Å². The largest absolute Gasteiger partial charge is 0.455 e. The van der Waals surface area contributed by atoms with E-state index >= 15 is 0 Å². The zero-order valence-electron chi connectivity index (χ0n) is 16.8. The first-order valence-electron chi connectivity index (χ1n) is 8.08. The Kier molecular flexibility index (Phi) is 8.33. The van der Waals surface area contributed by atoms with Crippen LogP contribution in [0.15, 0.2) is 0 Å².